The summed E-state index contributed by atoms with van der Waals surface area (Å²) >= 11 is 12.5. The van der Waals surface area contributed by atoms with Crippen LogP contribution in [0.5, 0.6) is 0 Å². The van der Waals surface area contributed by atoms with Gasteiger partial charge in [-0.1, -0.05) is 73.4 Å². The Bertz CT molecular complexity index is 608. The van der Waals surface area contributed by atoms with Gasteiger partial charge in [0.2, 0.25) is 0 Å². The monoisotopic (exact) mass is 321 g/mol. The van der Waals surface area contributed by atoms with Gasteiger partial charge >= 0.3 is 0 Å². The van der Waals surface area contributed by atoms with Gasteiger partial charge in [0.05, 0.1) is 16.1 Å². The lowest BCUT2D eigenvalue weighted by Gasteiger charge is -2.20. The van der Waals surface area contributed by atoms with E-state index in [4.69, 9.17) is 23.2 Å². The fourth-order valence-electron chi connectivity index (χ4n) is 2.62. The van der Waals surface area contributed by atoms with Crippen LogP contribution in [0.25, 0.3) is 0 Å². The second kappa shape index (κ2) is 7.31. The normalized spacial score (nSPS) is 12.7. The van der Waals surface area contributed by atoms with Crippen LogP contribution < -0.4 is 5.32 Å². The number of rotatable bonds is 5. The third-order valence-electron chi connectivity index (χ3n) is 3.51. The van der Waals surface area contributed by atoms with Crippen LogP contribution in [-0.2, 0) is 6.42 Å². The summed E-state index contributed by atoms with van der Waals surface area (Å²) in [7, 11) is 1.94. The summed E-state index contributed by atoms with van der Waals surface area (Å²) in [6, 6.07) is 14.5. The van der Waals surface area contributed by atoms with E-state index in [1.165, 1.54) is 11.1 Å². The first-order valence-electron chi connectivity index (χ1n) is 7.23. The molecule has 0 heterocycles. The van der Waals surface area contributed by atoms with Crippen LogP contribution >= 0.6 is 23.2 Å². The molecule has 2 aromatic carbocycles. The summed E-state index contributed by atoms with van der Waals surface area (Å²) in [6.45, 7) is 4.46. The fraction of sp³-hybridized carbons (Fsp3) is 0.333. The second-order valence-corrected chi connectivity index (χ2v) is 6.49. The highest BCUT2D eigenvalue weighted by molar-refractivity contribution is 6.42. The Morgan fingerprint density at radius 1 is 1.05 bits per heavy atom. The zero-order valence-corrected chi connectivity index (χ0v) is 14.2. The Kier molecular flexibility index (Phi) is 5.69. The van der Waals surface area contributed by atoms with E-state index in [2.05, 4.69) is 43.4 Å². The quantitative estimate of drug-likeness (QED) is 0.766. The van der Waals surface area contributed by atoms with Crippen molar-refractivity contribution >= 4 is 23.2 Å². The minimum Gasteiger partial charge on any atom is -0.309 e. The van der Waals surface area contributed by atoms with Crippen molar-refractivity contribution in [1.29, 1.82) is 0 Å². The molecule has 0 amide bonds. The molecule has 0 fully saturated rings. The third-order valence-corrected chi connectivity index (χ3v) is 4.34. The van der Waals surface area contributed by atoms with E-state index >= 15 is 0 Å². The Labute approximate surface area is 137 Å². The highest BCUT2D eigenvalue weighted by Crippen LogP contribution is 2.33. The third kappa shape index (κ3) is 4.00. The summed E-state index contributed by atoms with van der Waals surface area (Å²) < 4.78 is 0. The molecule has 1 nitrogen and oxygen atoms in total. The summed E-state index contributed by atoms with van der Waals surface area (Å²) in [5, 5.41) is 4.55. The summed E-state index contributed by atoms with van der Waals surface area (Å²) in [6.07, 6.45) is 1.08. The number of nitrogens with one attached hydrogen (secondary N) is 1. The van der Waals surface area contributed by atoms with Crippen LogP contribution in [0.15, 0.2) is 42.5 Å². The largest absolute Gasteiger partial charge is 0.309 e. The van der Waals surface area contributed by atoms with Crippen LogP contribution in [0.1, 0.15) is 36.6 Å². The van der Waals surface area contributed by atoms with Gasteiger partial charge in [-0.2, -0.15) is 0 Å². The van der Waals surface area contributed by atoms with Crippen molar-refractivity contribution in [2.24, 2.45) is 5.92 Å². The van der Waals surface area contributed by atoms with Crippen LogP contribution in [0, 0.1) is 5.92 Å². The molecule has 0 aliphatic rings. The zero-order chi connectivity index (χ0) is 15.4. The molecule has 21 heavy (non-hydrogen) atoms. The molecule has 0 aliphatic heterocycles. The molecule has 0 saturated carbocycles. The van der Waals surface area contributed by atoms with E-state index in [-0.39, 0.29) is 6.04 Å². The molecule has 0 radical (unpaired) electrons. The standard InChI is InChI=1S/C18H21Cl2N/c1-12(2)10-13-6-4-7-14(11-13)18(21-3)15-8-5-9-16(19)17(15)20/h4-9,11-12,18,21H,10H2,1-3H3. The van der Waals surface area contributed by atoms with Gasteiger partial charge in [-0.15, -0.1) is 0 Å². The Balaban J connectivity index is 2.39. The predicted molar refractivity (Wildman–Crippen MR) is 92.3 cm³/mol. The lowest BCUT2D eigenvalue weighted by Crippen LogP contribution is -2.18. The van der Waals surface area contributed by atoms with Crippen molar-refractivity contribution in [3.8, 4) is 0 Å². The van der Waals surface area contributed by atoms with Crippen molar-refractivity contribution < 1.29 is 0 Å². The molecule has 2 rings (SSSR count). The van der Waals surface area contributed by atoms with Crippen molar-refractivity contribution in [2.75, 3.05) is 7.05 Å². The molecule has 0 spiro atoms. The molecular formula is C18H21Cl2N. The Hall–Kier alpha value is -1.02. The van der Waals surface area contributed by atoms with Crippen LogP contribution in [0.3, 0.4) is 0 Å². The molecule has 0 aromatic heterocycles. The first-order chi connectivity index (χ1) is 10.0. The summed E-state index contributed by atoms with van der Waals surface area (Å²) in [5.74, 6) is 0.642. The molecule has 0 saturated heterocycles. The molecule has 1 N–H and O–H groups in total. The predicted octanol–water partition coefficient (Wildman–Crippen LogP) is 5.50. The molecule has 0 bridgehead atoms. The van der Waals surface area contributed by atoms with E-state index in [9.17, 15) is 0 Å². The number of hydrogen-bond donors (Lipinski definition) is 1. The average Bonchev–Trinajstić information content (AvgIpc) is 2.44. The minimum atomic E-state index is 0.0447. The molecule has 1 unspecified atom stereocenters. The molecule has 2 aromatic rings. The molecule has 112 valence electrons. The van der Waals surface area contributed by atoms with E-state index in [1.54, 1.807) is 0 Å². The lowest BCUT2D eigenvalue weighted by molar-refractivity contribution is 0.643. The number of halogens is 2. The first kappa shape index (κ1) is 16.4. The van der Waals surface area contributed by atoms with Gasteiger partial charge in [-0.05, 0) is 42.1 Å². The molecule has 3 heteroatoms. The van der Waals surface area contributed by atoms with Gasteiger partial charge in [-0.25, -0.2) is 0 Å². The average molecular weight is 322 g/mol. The van der Waals surface area contributed by atoms with E-state index in [0.717, 1.165) is 12.0 Å². The second-order valence-electron chi connectivity index (χ2n) is 5.71. The lowest BCUT2D eigenvalue weighted by atomic mass is 9.94. The van der Waals surface area contributed by atoms with Gasteiger partial charge in [-0.3, -0.25) is 0 Å². The highest BCUT2D eigenvalue weighted by atomic mass is 35.5. The molecule has 0 aliphatic carbocycles. The number of hydrogen-bond acceptors (Lipinski definition) is 1. The molecule has 1 atom stereocenters. The van der Waals surface area contributed by atoms with Gasteiger partial charge in [0.25, 0.3) is 0 Å². The van der Waals surface area contributed by atoms with Crippen molar-refractivity contribution in [1.82, 2.24) is 5.32 Å². The van der Waals surface area contributed by atoms with E-state index in [1.807, 2.05) is 25.2 Å². The van der Waals surface area contributed by atoms with Crippen molar-refractivity contribution in [3.05, 3.63) is 69.2 Å². The highest BCUT2D eigenvalue weighted by Gasteiger charge is 2.17. The SMILES string of the molecule is CNC(c1cccc(CC(C)C)c1)c1cccc(Cl)c1Cl. The maximum atomic E-state index is 6.37. The Morgan fingerprint density at radius 3 is 2.43 bits per heavy atom. The van der Waals surface area contributed by atoms with Gasteiger partial charge in [0, 0.05) is 0 Å². The topological polar surface area (TPSA) is 12.0 Å². The van der Waals surface area contributed by atoms with Crippen LogP contribution in [0.4, 0.5) is 0 Å². The van der Waals surface area contributed by atoms with E-state index in [0.29, 0.717) is 16.0 Å². The van der Waals surface area contributed by atoms with Gasteiger partial charge in [0.15, 0.2) is 0 Å². The van der Waals surface area contributed by atoms with Gasteiger partial charge in [0.1, 0.15) is 0 Å². The number of benzene rings is 2. The summed E-state index contributed by atoms with van der Waals surface area (Å²) in [5.41, 5.74) is 3.56. The zero-order valence-electron chi connectivity index (χ0n) is 12.7. The maximum Gasteiger partial charge on any atom is 0.0643 e. The van der Waals surface area contributed by atoms with Crippen molar-refractivity contribution in [3.63, 3.8) is 0 Å². The smallest absolute Gasteiger partial charge is 0.0643 e. The minimum absolute atomic E-state index is 0.0447. The van der Waals surface area contributed by atoms with Crippen LogP contribution in [-0.4, -0.2) is 7.05 Å². The first-order valence-corrected chi connectivity index (χ1v) is 7.98. The summed E-state index contributed by atoms with van der Waals surface area (Å²) in [4.78, 5) is 0. The maximum absolute atomic E-state index is 6.37. The van der Waals surface area contributed by atoms with Crippen molar-refractivity contribution in [2.45, 2.75) is 26.3 Å². The molecular weight excluding hydrogens is 301 g/mol. The van der Waals surface area contributed by atoms with Gasteiger partial charge < -0.3 is 5.32 Å². The van der Waals surface area contributed by atoms with Crippen LogP contribution in [0.2, 0.25) is 10.0 Å². The van der Waals surface area contributed by atoms with E-state index < -0.39 is 0 Å². The Morgan fingerprint density at radius 2 is 1.76 bits per heavy atom. The fourth-order valence-corrected chi connectivity index (χ4v) is 3.03.